The van der Waals surface area contributed by atoms with Gasteiger partial charge in [0.1, 0.15) is 28.3 Å². The number of piperazine rings is 1. The highest BCUT2D eigenvalue weighted by Crippen LogP contribution is 2.27. The normalized spacial score (nSPS) is 13.6. The van der Waals surface area contributed by atoms with E-state index in [1.807, 2.05) is 19.9 Å². The van der Waals surface area contributed by atoms with Gasteiger partial charge in [-0.05, 0) is 55.8 Å². The second kappa shape index (κ2) is 13.0. The summed E-state index contributed by atoms with van der Waals surface area (Å²) in [5.74, 6) is 0.840. The number of carbonyl (C=O) groups excluding carboxylic acids is 2. The highest BCUT2D eigenvalue weighted by Gasteiger charge is 2.19. The number of carbonyl (C=O) groups is 2. The minimum Gasteiger partial charge on any atom is -0.395 e. The first kappa shape index (κ1) is 29.0. The molecule has 1 aliphatic heterocycles. The van der Waals surface area contributed by atoms with Gasteiger partial charge in [0.05, 0.1) is 12.8 Å². The number of hydrogen-bond donors (Lipinski definition) is 4. The maximum Gasteiger partial charge on any atom is 0.284 e. The molecule has 1 saturated heterocycles. The quantitative estimate of drug-likeness (QED) is 0.228. The summed E-state index contributed by atoms with van der Waals surface area (Å²) in [5.41, 5.74) is 2.13. The molecule has 0 radical (unpaired) electrons. The summed E-state index contributed by atoms with van der Waals surface area (Å²) in [7, 11) is 0. The smallest absolute Gasteiger partial charge is 0.284 e. The lowest BCUT2D eigenvalue weighted by Crippen LogP contribution is -2.47. The fraction of sp³-hybridized carbons (Fsp3) is 0.276. The average molecular weight is 591 g/mol. The van der Waals surface area contributed by atoms with E-state index in [0.717, 1.165) is 37.6 Å². The molecule has 1 aliphatic rings. The number of β-amino-alcohol motifs (C(OH)–C–C–N with tert-alkyl or cyclic N) is 1. The minimum absolute atomic E-state index is 0.151. The van der Waals surface area contributed by atoms with E-state index in [4.69, 9.17) is 0 Å². The van der Waals surface area contributed by atoms with E-state index in [2.05, 4.69) is 40.7 Å². The molecular formula is C29H31FN8O3S. The van der Waals surface area contributed by atoms with Crippen molar-refractivity contribution in [2.45, 2.75) is 13.8 Å². The number of aliphatic hydroxyl groups is 1. The van der Waals surface area contributed by atoms with Gasteiger partial charge in [-0.2, -0.15) is 0 Å². The molecule has 0 unspecified atom stereocenters. The van der Waals surface area contributed by atoms with E-state index < -0.39 is 11.7 Å². The van der Waals surface area contributed by atoms with Crippen molar-refractivity contribution < 1.29 is 19.1 Å². The molecule has 0 aliphatic carbocycles. The summed E-state index contributed by atoms with van der Waals surface area (Å²) in [5, 5.41) is 19.0. The third kappa shape index (κ3) is 7.24. The number of halogens is 1. The predicted molar refractivity (Wildman–Crippen MR) is 161 cm³/mol. The van der Waals surface area contributed by atoms with E-state index in [9.17, 15) is 19.1 Å². The summed E-state index contributed by atoms with van der Waals surface area (Å²) in [6.45, 7) is 7.81. The first-order chi connectivity index (χ1) is 20.3. The Kier molecular flexibility index (Phi) is 9.00. The number of aryl methyl sites for hydroxylation is 2. The van der Waals surface area contributed by atoms with Crippen molar-refractivity contribution in [3.8, 4) is 0 Å². The van der Waals surface area contributed by atoms with Gasteiger partial charge in [-0.25, -0.2) is 19.3 Å². The number of amides is 2. The van der Waals surface area contributed by atoms with Crippen molar-refractivity contribution in [3.63, 3.8) is 0 Å². The number of benzene rings is 2. The number of thiazole rings is 1. The monoisotopic (exact) mass is 590 g/mol. The van der Waals surface area contributed by atoms with Crippen LogP contribution in [0.4, 0.5) is 32.4 Å². The van der Waals surface area contributed by atoms with E-state index in [0.29, 0.717) is 40.1 Å². The maximum absolute atomic E-state index is 13.2. The van der Waals surface area contributed by atoms with E-state index in [1.54, 1.807) is 24.4 Å². The Balaban J connectivity index is 1.22. The van der Waals surface area contributed by atoms with Crippen LogP contribution in [0.5, 0.6) is 0 Å². The van der Waals surface area contributed by atoms with Crippen molar-refractivity contribution in [1.29, 1.82) is 0 Å². The zero-order chi connectivity index (χ0) is 29.6. The van der Waals surface area contributed by atoms with Crippen LogP contribution in [0.25, 0.3) is 0 Å². The molecule has 0 saturated carbocycles. The molecule has 13 heteroatoms. The van der Waals surface area contributed by atoms with E-state index >= 15 is 0 Å². The molecule has 3 heterocycles. The molecule has 2 aromatic heterocycles. The van der Waals surface area contributed by atoms with Gasteiger partial charge in [0.15, 0.2) is 5.01 Å². The first-order valence-corrected chi connectivity index (χ1v) is 14.2. The number of nitrogens with zero attached hydrogens (tertiary/aromatic N) is 5. The van der Waals surface area contributed by atoms with Crippen molar-refractivity contribution >= 4 is 51.2 Å². The summed E-state index contributed by atoms with van der Waals surface area (Å²) in [6, 6.07) is 12.3. The zero-order valence-corrected chi connectivity index (χ0v) is 24.0. The van der Waals surface area contributed by atoms with Crippen LogP contribution >= 0.6 is 11.3 Å². The molecule has 2 amide bonds. The third-order valence-corrected chi connectivity index (χ3v) is 7.65. The van der Waals surface area contributed by atoms with Crippen LogP contribution in [-0.2, 0) is 0 Å². The zero-order valence-electron chi connectivity index (χ0n) is 23.2. The molecular weight excluding hydrogens is 559 g/mol. The van der Waals surface area contributed by atoms with Gasteiger partial charge >= 0.3 is 0 Å². The number of rotatable bonds is 9. The highest BCUT2D eigenvalue weighted by atomic mass is 32.1. The van der Waals surface area contributed by atoms with Crippen LogP contribution in [0.15, 0.2) is 54.7 Å². The highest BCUT2D eigenvalue weighted by molar-refractivity contribution is 7.17. The van der Waals surface area contributed by atoms with E-state index in [-0.39, 0.29) is 17.5 Å². The van der Waals surface area contributed by atoms with Gasteiger partial charge in [-0.1, -0.05) is 17.4 Å². The standard InChI is InChI=1S/C29H31FN8O3S/c1-18-3-8-22(34-27(40)20-4-6-21(30)7-5-20)15-23(18)35-28(41)29-31-17-26(42-29)36-24-16-25(33-19(2)32-24)38-11-9-37(10-12-38)13-14-39/h3-8,15-17,39H,9-14H2,1-2H3,(H,34,40)(H,35,41)(H,32,33,36). The van der Waals surface area contributed by atoms with Crippen molar-refractivity contribution in [2.24, 2.45) is 0 Å². The van der Waals surface area contributed by atoms with Crippen LogP contribution in [0.2, 0.25) is 0 Å². The molecule has 0 atom stereocenters. The Morgan fingerprint density at radius 3 is 2.48 bits per heavy atom. The van der Waals surface area contributed by atoms with Crippen LogP contribution in [0.1, 0.15) is 31.5 Å². The van der Waals surface area contributed by atoms with Crippen LogP contribution in [-0.4, -0.2) is 76.1 Å². The topological polar surface area (TPSA) is 136 Å². The molecule has 218 valence electrons. The molecule has 0 bridgehead atoms. The Morgan fingerprint density at radius 2 is 1.74 bits per heavy atom. The second-order valence-electron chi connectivity index (χ2n) is 9.81. The minimum atomic E-state index is -0.422. The molecule has 4 N–H and O–H groups in total. The maximum atomic E-state index is 13.2. The number of hydrogen-bond acceptors (Lipinski definition) is 10. The number of aromatic nitrogens is 3. The SMILES string of the molecule is Cc1nc(Nc2cnc(C(=O)Nc3cc(NC(=O)c4ccc(F)cc4)ccc3C)s2)cc(N2CCN(CCO)CC2)n1. The lowest BCUT2D eigenvalue weighted by atomic mass is 10.1. The third-order valence-electron chi connectivity index (χ3n) is 6.74. The second-order valence-corrected chi connectivity index (χ2v) is 10.8. The summed E-state index contributed by atoms with van der Waals surface area (Å²) < 4.78 is 13.2. The van der Waals surface area contributed by atoms with Crippen molar-refractivity contribution in [3.05, 3.63) is 82.5 Å². The van der Waals surface area contributed by atoms with Crippen LogP contribution in [0.3, 0.4) is 0 Å². The lowest BCUT2D eigenvalue weighted by Gasteiger charge is -2.35. The summed E-state index contributed by atoms with van der Waals surface area (Å²) in [4.78, 5) is 43.3. The molecule has 1 fully saturated rings. The molecule has 5 rings (SSSR count). The largest absolute Gasteiger partial charge is 0.395 e. The predicted octanol–water partition coefficient (Wildman–Crippen LogP) is 4.05. The summed E-state index contributed by atoms with van der Waals surface area (Å²) in [6.07, 6.45) is 1.58. The van der Waals surface area contributed by atoms with Gasteiger partial charge in [0.25, 0.3) is 11.8 Å². The Hall–Kier alpha value is -4.46. The van der Waals surface area contributed by atoms with Crippen LogP contribution in [0, 0.1) is 19.7 Å². The fourth-order valence-corrected chi connectivity index (χ4v) is 5.22. The van der Waals surface area contributed by atoms with Gasteiger partial charge < -0.3 is 26.0 Å². The summed E-state index contributed by atoms with van der Waals surface area (Å²) >= 11 is 1.19. The molecule has 4 aromatic rings. The lowest BCUT2D eigenvalue weighted by molar-refractivity contribution is 0.101. The van der Waals surface area contributed by atoms with Gasteiger partial charge in [0, 0.05) is 55.7 Å². The van der Waals surface area contributed by atoms with Gasteiger partial charge in [-0.3, -0.25) is 14.5 Å². The molecule has 0 spiro atoms. The number of nitrogens with one attached hydrogen (secondary N) is 3. The number of anilines is 5. The molecule has 2 aromatic carbocycles. The Labute approximate surface area is 246 Å². The molecule has 42 heavy (non-hydrogen) atoms. The van der Waals surface area contributed by atoms with Gasteiger partial charge in [-0.15, -0.1) is 0 Å². The first-order valence-electron chi connectivity index (χ1n) is 13.4. The van der Waals surface area contributed by atoms with Crippen LogP contribution < -0.4 is 20.9 Å². The van der Waals surface area contributed by atoms with Crippen molar-refractivity contribution in [2.75, 3.05) is 60.2 Å². The van der Waals surface area contributed by atoms with Crippen molar-refractivity contribution in [1.82, 2.24) is 19.9 Å². The Bertz CT molecular complexity index is 1570. The average Bonchev–Trinajstić information content (AvgIpc) is 3.44. The van der Waals surface area contributed by atoms with Gasteiger partial charge in [0.2, 0.25) is 0 Å². The fourth-order valence-electron chi connectivity index (χ4n) is 4.50. The van der Waals surface area contributed by atoms with E-state index in [1.165, 1.54) is 35.6 Å². The Morgan fingerprint density at radius 1 is 0.976 bits per heavy atom. The number of aliphatic hydroxyl groups excluding tert-OH is 1. The molecule has 11 nitrogen and oxygen atoms in total.